The molecule has 1 aliphatic rings. The van der Waals surface area contributed by atoms with E-state index in [1.165, 1.54) is 18.3 Å². The van der Waals surface area contributed by atoms with E-state index in [9.17, 15) is 14.0 Å². The molecule has 1 heterocycles. The Bertz CT molecular complexity index is 1140. The van der Waals surface area contributed by atoms with Crippen molar-refractivity contribution in [3.05, 3.63) is 106 Å². The molecule has 3 aromatic rings. The summed E-state index contributed by atoms with van der Waals surface area (Å²) >= 11 is 7.50. The quantitative estimate of drug-likeness (QED) is 0.409. The molecule has 2 amide bonds. The molecule has 0 unspecified atom stereocenters. The van der Waals surface area contributed by atoms with Crippen LogP contribution in [-0.2, 0) is 11.3 Å². The van der Waals surface area contributed by atoms with Crippen LogP contribution in [0.2, 0.25) is 5.02 Å². The molecule has 1 saturated heterocycles. The number of nitrogens with one attached hydrogen (secondary N) is 1. The summed E-state index contributed by atoms with van der Waals surface area (Å²) in [6, 6.07) is 21.2. The lowest BCUT2D eigenvalue weighted by atomic mass is 10.1. The fraction of sp³-hybridized carbons (Fsp3) is 0.125. The van der Waals surface area contributed by atoms with Crippen molar-refractivity contribution >= 4 is 41.4 Å². The number of carbonyl (C=O) groups is 2. The molecule has 1 aliphatic heterocycles. The van der Waals surface area contributed by atoms with Crippen molar-refractivity contribution in [3.8, 4) is 0 Å². The molecule has 162 valence electrons. The molecule has 0 saturated carbocycles. The summed E-state index contributed by atoms with van der Waals surface area (Å²) in [6.07, 6.45) is 1.17. The maximum absolute atomic E-state index is 13.8. The highest BCUT2D eigenvalue weighted by molar-refractivity contribution is 8.00. The van der Waals surface area contributed by atoms with Crippen LogP contribution in [-0.4, -0.2) is 28.7 Å². The third-order valence-corrected chi connectivity index (χ3v) is 6.57. The minimum absolute atomic E-state index is 0.0896. The number of hydrogen-bond donors (Lipinski definition) is 1. The molecular formula is C24H19ClFN3O2S. The Morgan fingerprint density at radius 1 is 1.12 bits per heavy atom. The lowest BCUT2D eigenvalue weighted by Crippen LogP contribution is -2.27. The van der Waals surface area contributed by atoms with Gasteiger partial charge in [-0.15, -0.1) is 11.8 Å². The van der Waals surface area contributed by atoms with Crippen LogP contribution in [0.5, 0.6) is 0 Å². The number of thioether (sulfide) groups is 1. The van der Waals surface area contributed by atoms with Crippen molar-refractivity contribution in [3.63, 3.8) is 0 Å². The van der Waals surface area contributed by atoms with E-state index in [-0.39, 0.29) is 21.9 Å². The van der Waals surface area contributed by atoms with Crippen LogP contribution in [0.4, 0.5) is 4.39 Å². The molecule has 3 aromatic carbocycles. The summed E-state index contributed by atoms with van der Waals surface area (Å²) in [4.78, 5) is 26.6. The monoisotopic (exact) mass is 467 g/mol. The average Bonchev–Trinajstić information content (AvgIpc) is 3.16. The zero-order valence-electron chi connectivity index (χ0n) is 16.9. The van der Waals surface area contributed by atoms with Crippen LogP contribution in [0, 0.1) is 5.82 Å². The van der Waals surface area contributed by atoms with Crippen molar-refractivity contribution < 1.29 is 14.0 Å². The zero-order chi connectivity index (χ0) is 22.5. The summed E-state index contributed by atoms with van der Waals surface area (Å²) in [5, 5.41) is 3.90. The molecule has 1 atom stereocenters. The zero-order valence-corrected chi connectivity index (χ0v) is 18.4. The van der Waals surface area contributed by atoms with Crippen molar-refractivity contribution in [1.82, 2.24) is 10.3 Å². The Hall–Kier alpha value is -3.16. The van der Waals surface area contributed by atoms with Gasteiger partial charge in [0.1, 0.15) is 11.2 Å². The minimum atomic E-state index is -0.525. The van der Waals surface area contributed by atoms with Gasteiger partial charge in [0.2, 0.25) is 5.91 Å². The number of carbonyl (C=O) groups excluding carboxylic acids is 2. The van der Waals surface area contributed by atoms with Crippen LogP contribution in [0.3, 0.4) is 0 Å². The summed E-state index contributed by atoms with van der Waals surface area (Å²) < 4.78 is 13.8. The molecule has 4 rings (SSSR count). The number of hydrogen-bond acceptors (Lipinski definition) is 4. The van der Waals surface area contributed by atoms with E-state index >= 15 is 0 Å². The Labute approximate surface area is 194 Å². The third-order valence-electron chi connectivity index (χ3n) is 4.98. The van der Waals surface area contributed by atoms with Gasteiger partial charge in [-0.05, 0) is 35.4 Å². The minimum Gasteiger partial charge on any atom is -0.322 e. The van der Waals surface area contributed by atoms with E-state index in [4.69, 9.17) is 11.6 Å². The highest BCUT2D eigenvalue weighted by Crippen LogP contribution is 2.39. The first kappa shape index (κ1) is 22.0. The van der Waals surface area contributed by atoms with Crippen LogP contribution < -0.4 is 5.43 Å². The predicted octanol–water partition coefficient (Wildman–Crippen LogP) is 5.02. The second-order valence-corrected chi connectivity index (χ2v) is 8.60. The molecule has 0 bridgehead atoms. The standard InChI is InChI=1S/C24H19ClFN3O2S/c25-20-7-4-8-21(26)19(20)13-27-28-23(31)17-9-11-18(12-10-17)24-29(22(30)15-32-24)14-16-5-2-1-3-6-16/h1-13,24H,14-15H2,(H,28,31)/b27-13-/t24-/m1/s1. The SMILES string of the molecule is O=C(N/N=C\c1c(F)cccc1Cl)c1ccc([C@H]2SCC(=O)N2Cc2ccccc2)cc1. The van der Waals surface area contributed by atoms with Crippen LogP contribution in [0.1, 0.15) is 32.4 Å². The van der Waals surface area contributed by atoms with E-state index in [2.05, 4.69) is 10.5 Å². The summed E-state index contributed by atoms with van der Waals surface area (Å²) in [5.41, 5.74) is 4.88. The molecule has 0 spiro atoms. The Kier molecular flexibility index (Phi) is 6.87. The molecule has 1 fully saturated rings. The summed E-state index contributed by atoms with van der Waals surface area (Å²) in [6.45, 7) is 0.535. The van der Waals surface area contributed by atoms with Gasteiger partial charge in [0.25, 0.3) is 5.91 Å². The molecule has 0 radical (unpaired) electrons. The number of benzene rings is 3. The Balaban J connectivity index is 1.42. The van der Waals surface area contributed by atoms with E-state index in [0.29, 0.717) is 17.9 Å². The maximum Gasteiger partial charge on any atom is 0.271 e. The van der Waals surface area contributed by atoms with Crippen LogP contribution in [0.25, 0.3) is 0 Å². The number of amides is 2. The van der Waals surface area contributed by atoms with Gasteiger partial charge < -0.3 is 4.90 Å². The average molecular weight is 468 g/mol. The first-order valence-electron chi connectivity index (χ1n) is 9.85. The smallest absolute Gasteiger partial charge is 0.271 e. The highest BCUT2D eigenvalue weighted by atomic mass is 35.5. The van der Waals surface area contributed by atoms with Gasteiger partial charge in [-0.2, -0.15) is 5.10 Å². The normalized spacial score (nSPS) is 16.0. The largest absolute Gasteiger partial charge is 0.322 e. The molecule has 8 heteroatoms. The number of halogens is 2. The van der Waals surface area contributed by atoms with Gasteiger partial charge in [0.05, 0.1) is 17.0 Å². The summed E-state index contributed by atoms with van der Waals surface area (Å²) in [7, 11) is 0. The Morgan fingerprint density at radius 2 is 1.88 bits per heavy atom. The molecule has 32 heavy (non-hydrogen) atoms. The fourth-order valence-corrected chi connectivity index (χ4v) is 4.73. The van der Waals surface area contributed by atoms with Crippen molar-refractivity contribution in [1.29, 1.82) is 0 Å². The first-order chi connectivity index (χ1) is 15.5. The second kappa shape index (κ2) is 9.97. The van der Waals surface area contributed by atoms with Crippen molar-refractivity contribution in [2.75, 3.05) is 5.75 Å². The Morgan fingerprint density at radius 3 is 2.59 bits per heavy atom. The number of hydrazone groups is 1. The second-order valence-electron chi connectivity index (χ2n) is 7.13. The van der Waals surface area contributed by atoms with Gasteiger partial charge in [-0.25, -0.2) is 9.82 Å². The van der Waals surface area contributed by atoms with Gasteiger partial charge in [0.15, 0.2) is 0 Å². The predicted molar refractivity (Wildman–Crippen MR) is 125 cm³/mol. The van der Waals surface area contributed by atoms with Gasteiger partial charge in [-0.1, -0.05) is 60.1 Å². The molecule has 5 nitrogen and oxygen atoms in total. The fourth-order valence-electron chi connectivity index (χ4n) is 3.33. The first-order valence-corrected chi connectivity index (χ1v) is 11.3. The van der Waals surface area contributed by atoms with Crippen LogP contribution >= 0.6 is 23.4 Å². The summed E-state index contributed by atoms with van der Waals surface area (Å²) in [5.74, 6) is -0.445. The van der Waals surface area contributed by atoms with Crippen molar-refractivity contribution in [2.24, 2.45) is 5.10 Å². The number of rotatable bonds is 6. The van der Waals surface area contributed by atoms with E-state index in [0.717, 1.165) is 11.1 Å². The topological polar surface area (TPSA) is 61.8 Å². The molecule has 0 aromatic heterocycles. The van der Waals surface area contributed by atoms with Gasteiger partial charge in [-0.3, -0.25) is 9.59 Å². The van der Waals surface area contributed by atoms with Gasteiger partial charge in [0, 0.05) is 17.7 Å². The number of nitrogens with zero attached hydrogens (tertiary/aromatic N) is 2. The highest BCUT2D eigenvalue weighted by Gasteiger charge is 2.32. The molecule has 0 aliphatic carbocycles. The van der Waals surface area contributed by atoms with Crippen molar-refractivity contribution in [2.45, 2.75) is 11.9 Å². The lowest BCUT2D eigenvalue weighted by Gasteiger charge is -2.24. The third kappa shape index (κ3) is 5.00. The van der Waals surface area contributed by atoms with Crippen LogP contribution in [0.15, 0.2) is 77.9 Å². The lowest BCUT2D eigenvalue weighted by molar-refractivity contribution is -0.128. The maximum atomic E-state index is 13.8. The van der Waals surface area contributed by atoms with E-state index in [1.54, 1.807) is 30.0 Å². The molecule has 1 N–H and O–H groups in total. The molecular weight excluding hydrogens is 449 g/mol. The van der Waals surface area contributed by atoms with E-state index in [1.807, 2.05) is 47.4 Å². The van der Waals surface area contributed by atoms with E-state index < -0.39 is 11.7 Å². The van der Waals surface area contributed by atoms with Gasteiger partial charge >= 0.3 is 0 Å².